The van der Waals surface area contributed by atoms with Crippen molar-refractivity contribution in [3.05, 3.63) is 52.4 Å². The molecule has 0 spiro atoms. The zero-order valence-corrected chi connectivity index (χ0v) is 14.8. The summed E-state index contributed by atoms with van der Waals surface area (Å²) in [7, 11) is 1.83. The number of hydrogen-bond acceptors (Lipinski definition) is 5. The Morgan fingerprint density at radius 3 is 2.81 bits per heavy atom. The molecule has 0 unspecified atom stereocenters. The summed E-state index contributed by atoms with van der Waals surface area (Å²) in [5, 5.41) is 6.97. The zero-order valence-electron chi connectivity index (χ0n) is 14.8. The third-order valence-electron chi connectivity index (χ3n) is 4.35. The van der Waals surface area contributed by atoms with Gasteiger partial charge >= 0.3 is 5.97 Å². The SMILES string of the molecule is Cc1nn(C)c(C)c1/C=C/C(=O)OCC(=O)c1ccc2c(c1)CC(=O)N2. The molecule has 1 N–H and O–H groups in total. The highest BCUT2D eigenvalue weighted by atomic mass is 16.5. The van der Waals surface area contributed by atoms with Gasteiger partial charge in [0.2, 0.25) is 5.91 Å². The average Bonchev–Trinajstić information content (AvgIpc) is 3.08. The number of aromatic nitrogens is 2. The molecule has 0 fully saturated rings. The Kier molecular flexibility index (Phi) is 4.71. The quantitative estimate of drug-likeness (QED) is 0.504. The van der Waals surface area contributed by atoms with Gasteiger partial charge in [0, 0.05) is 35.6 Å². The molecule has 1 aromatic carbocycles. The van der Waals surface area contributed by atoms with Crippen LogP contribution in [0.25, 0.3) is 6.08 Å². The molecule has 0 saturated heterocycles. The van der Waals surface area contributed by atoms with Crippen molar-refractivity contribution in [1.82, 2.24) is 9.78 Å². The second kappa shape index (κ2) is 6.95. The van der Waals surface area contributed by atoms with Crippen LogP contribution >= 0.6 is 0 Å². The summed E-state index contributed by atoms with van der Waals surface area (Å²) in [6.45, 7) is 3.41. The van der Waals surface area contributed by atoms with E-state index < -0.39 is 5.97 Å². The Morgan fingerprint density at radius 1 is 1.35 bits per heavy atom. The van der Waals surface area contributed by atoms with Gasteiger partial charge in [0.1, 0.15) is 0 Å². The lowest BCUT2D eigenvalue weighted by molar-refractivity contribution is -0.136. The van der Waals surface area contributed by atoms with Crippen molar-refractivity contribution >= 4 is 29.4 Å². The summed E-state index contributed by atoms with van der Waals surface area (Å²) >= 11 is 0. The molecular weight excluding hydrogens is 334 g/mol. The number of benzene rings is 1. The fourth-order valence-corrected chi connectivity index (χ4v) is 2.85. The van der Waals surface area contributed by atoms with Crippen molar-refractivity contribution in [2.45, 2.75) is 20.3 Å². The highest BCUT2D eigenvalue weighted by Crippen LogP contribution is 2.24. The first-order valence-electron chi connectivity index (χ1n) is 8.16. The first kappa shape index (κ1) is 17.6. The second-order valence-electron chi connectivity index (χ2n) is 6.17. The minimum absolute atomic E-state index is 0.0952. The monoisotopic (exact) mass is 353 g/mol. The number of esters is 1. The number of ketones is 1. The zero-order chi connectivity index (χ0) is 18.8. The van der Waals surface area contributed by atoms with Crippen LogP contribution in [-0.4, -0.2) is 34.0 Å². The molecule has 1 aromatic heterocycles. The van der Waals surface area contributed by atoms with E-state index in [4.69, 9.17) is 4.74 Å². The number of fused-ring (bicyclic) bond motifs is 1. The highest BCUT2D eigenvalue weighted by Gasteiger charge is 2.19. The van der Waals surface area contributed by atoms with Gasteiger partial charge in [0.05, 0.1) is 12.1 Å². The van der Waals surface area contributed by atoms with Crippen LogP contribution in [0.1, 0.15) is 32.9 Å². The summed E-state index contributed by atoms with van der Waals surface area (Å²) < 4.78 is 6.76. The third kappa shape index (κ3) is 3.56. The first-order chi connectivity index (χ1) is 12.3. The molecule has 1 aliphatic heterocycles. The standard InChI is InChI=1S/C19H19N3O4/c1-11-15(12(2)22(3)21-11)5-7-19(25)26-10-17(23)13-4-6-16-14(8-13)9-18(24)20-16/h4-8H,9-10H2,1-3H3,(H,20,24)/b7-5+. The molecule has 3 rings (SSSR count). The summed E-state index contributed by atoms with van der Waals surface area (Å²) in [5.41, 5.74) is 4.50. The minimum Gasteiger partial charge on any atom is -0.454 e. The van der Waals surface area contributed by atoms with E-state index in [9.17, 15) is 14.4 Å². The maximum absolute atomic E-state index is 12.2. The molecule has 26 heavy (non-hydrogen) atoms. The van der Waals surface area contributed by atoms with Crippen molar-refractivity contribution in [2.24, 2.45) is 7.05 Å². The van der Waals surface area contributed by atoms with Crippen LogP contribution in [0.5, 0.6) is 0 Å². The molecule has 2 heterocycles. The smallest absolute Gasteiger partial charge is 0.331 e. The maximum Gasteiger partial charge on any atom is 0.331 e. The highest BCUT2D eigenvalue weighted by molar-refractivity contribution is 6.03. The topological polar surface area (TPSA) is 90.3 Å². The number of ether oxygens (including phenoxy) is 1. The van der Waals surface area contributed by atoms with Crippen molar-refractivity contribution in [3.8, 4) is 0 Å². The van der Waals surface area contributed by atoms with E-state index in [0.29, 0.717) is 11.3 Å². The number of hydrogen-bond donors (Lipinski definition) is 1. The van der Waals surface area contributed by atoms with Crippen LogP contribution in [0, 0.1) is 13.8 Å². The Labute approximate surface area is 150 Å². The van der Waals surface area contributed by atoms with Crippen molar-refractivity contribution in [1.29, 1.82) is 0 Å². The number of Topliss-reactive ketones (excluding diaryl/α,β-unsaturated/α-hetero) is 1. The number of carbonyl (C=O) groups is 3. The minimum atomic E-state index is -0.598. The molecule has 1 amide bonds. The van der Waals surface area contributed by atoms with Crippen LogP contribution in [-0.2, 0) is 27.8 Å². The summed E-state index contributed by atoms with van der Waals surface area (Å²) in [5.74, 6) is -1.01. The van der Waals surface area contributed by atoms with Gasteiger partial charge in [-0.05, 0) is 43.7 Å². The lowest BCUT2D eigenvalue weighted by atomic mass is 10.1. The Morgan fingerprint density at radius 2 is 2.12 bits per heavy atom. The molecule has 2 aromatic rings. The van der Waals surface area contributed by atoms with E-state index in [-0.39, 0.29) is 24.7 Å². The van der Waals surface area contributed by atoms with Gasteiger partial charge in [-0.3, -0.25) is 14.3 Å². The van der Waals surface area contributed by atoms with Crippen molar-refractivity contribution in [3.63, 3.8) is 0 Å². The van der Waals surface area contributed by atoms with E-state index in [1.807, 2.05) is 20.9 Å². The molecule has 7 heteroatoms. The van der Waals surface area contributed by atoms with Gasteiger partial charge in [-0.25, -0.2) is 4.79 Å². The number of nitrogens with zero attached hydrogens (tertiary/aromatic N) is 2. The largest absolute Gasteiger partial charge is 0.454 e. The number of anilines is 1. The molecule has 0 bridgehead atoms. The molecule has 0 saturated carbocycles. The van der Waals surface area contributed by atoms with Gasteiger partial charge < -0.3 is 10.1 Å². The molecule has 7 nitrogen and oxygen atoms in total. The normalized spacial score (nSPS) is 13.0. The maximum atomic E-state index is 12.2. The number of nitrogens with one attached hydrogen (secondary N) is 1. The van der Waals surface area contributed by atoms with Gasteiger partial charge in [-0.1, -0.05) is 0 Å². The molecule has 134 valence electrons. The van der Waals surface area contributed by atoms with E-state index >= 15 is 0 Å². The molecule has 0 aliphatic carbocycles. The van der Waals surface area contributed by atoms with E-state index in [2.05, 4.69) is 10.4 Å². The Balaban J connectivity index is 1.59. The van der Waals surface area contributed by atoms with Crippen molar-refractivity contribution in [2.75, 3.05) is 11.9 Å². The first-order valence-corrected chi connectivity index (χ1v) is 8.16. The second-order valence-corrected chi connectivity index (χ2v) is 6.17. The fraction of sp³-hybridized carbons (Fsp3) is 0.263. The number of rotatable bonds is 5. The van der Waals surface area contributed by atoms with E-state index in [0.717, 1.165) is 22.5 Å². The summed E-state index contributed by atoms with van der Waals surface area (Å²) in [6.07, 6.45) is 3.18. The molecule has 0 radical (unpaired) electrons. The van der Waals surface area contributed by atoms with Gasteiger partial charge in [0.15, 0.2) is 12.4 Å². The summed E-state index contributed by atoms with van der Waals surface area (Å²) in [6, 6.07) is 4.95. The Bertz CT molecular complexity index is 941. The lowest BCUT2D eigenvalue weighted by Gasteiger charge is -2.04. The van der Waals surface area contributed by atoms with E-state index in [1.165, 1.54) is 6.08 Å². The third-order valence-corrected chi connectivity index (χ3v) is 4.35. The average molecular weight is 353 g/mol. The van der Waals surface area contributed by atoms with Crippen LogP contribution in [0.15, 0.2) is 24.3 Å². The fourth-order valence-electron chi connectivity index (χ4n) is 2.85. The van der Waals surface area contributed by atoms with Crippen LogP contribution in [0.4, 0.5) is 5.69 Å². The number of aryl methyl sites for hydroxylation is 2. The number of carbonyl (C=O) groups excluding carboxylic acids is 3. The predicted molar refractivity (Wildman–Crippen MR) is 95.8 cm³/mol. The van der Waals surface area contributed by atoms with Crippen molar-refractivity contribution < 1.29 is 19.1 Å². The van der Waals surface area contributed by atoms with Gasteiger partial charge in [-0.15, -0.1) is 0 Å². The van der Waals surface area contributed by atoms with Crippen LogP contribution in [0.3, 0.4) is 0 Å². The molecule has 0 atom stereocenters. The predicted octanol–water partition coefficient (Wildman–Crippen LogP) is 1.97. The van der Waals surface area contributed by atoms with Gasteiger partial charge in [-0.2, -0.15) is 5.10 Å². The van der Waals surface area contributed by atoms with Crippen LogP contribution in [0.2, 0.25) is 0 Å². The summed E-state index contributed by atoms with van der Waals surface area (Å²) in [4.78, 5) is 35.4. The van der Waals surface area contributed by atoms with Crippen LogP contribution < -0.4 is 5.32 Å². The van der Waals surface area contributed by atoms with Gasteiger partial charge in [0.25, 0.3) is 0 Å². The molecular formula is C19H19N3O4. The Hall–Kier alpha value is -3.22. The van der Waals surface area contributed by atoms with E-state index in [1.54, 1.807) is 29.0 Å². The lowest BCUT2D eigenvalue weighted by Crippen LogP contribution is -2.12. The molecule has 1 aliphatic rings. The number of amides is 1.